The predicted octanol–water partition coefficient (Wildman–Crippen LogP) is -0.712. The molecule has 63 valence electrons. The Morgan fingerprint density at radius 2 is 1.30 bits per heavy atom. The summed E-state index contributed by atoms with van der Waals surface area (Å²) in [5, 5.41) is 0. The molecule has 0 bridgehead atoms. The van der Waals surface area contributed by atoms with Gasteiger partial charge in [-0.1, -0.05) is 0 Å². The summed E-state index contributed by atoms with van der Waals surface area (Å²) >= 11 is 0. The Balaban J connectivity index is 3.92. The molecule has 0 aromatic heterocycles. The van der Waals surface area contributed by atoms with E-state index in [2.05, 4.69) is 0 Å². The standard InChI is InChI=1S/HO6S4/c1-9(2,3)7-8-10(4,5)6/h(H-2,1,2,3,4,5,6)/q-2/p-1. The van der Waals surface area contributed by atoms with E-state index in [9.17, 15) is 26.3 Å². The number of hydrogen-bond acceptors (Lipinski definition) is 8. The molecule has 0 saturated carbocycles. The quantitative estimate of drug-likeness (QED) is 0.455. The van der Waals surface area contributed by atoms with Gasteiger partial charge in [0.1, 0.15) is 0 Å². The van der Waals surface area contributed by atoms with Crippen molar-refractivity contribution in [2.75, 3.05) is 0 Å². The normalized spacial score (nSPS) is 13.5. The van der Waals surface area contributed by atoms with Crippen LogP contribution in [-0.2, 0) is 18.7 Å². The van der Waals surface area contributed by atoms with Gasteiger partial charge in [-0.3, -0.25) is 4.21 Å². The minimum Gasteiger partial charge on any atom is -0.783 e. The van der Waals surface area contributed by atoms with Crippen molar-refractivity contribution in [3.63, 3.8) is 0 Å². The van der Waals surface area contributed by atoms with Crippen LogP contribution in [0, 0.1) is 0 Å². The number of hydrogen-bond donors (Lipinski definition) is 0. The second kappa shape index (κ2) is 3.38. The van der Waals surface area contributed by atoms with E-state index in [1.807, 2.05) is 0 Å². The Hall–Kier alpha value is 0.680. The maximum Gasteiger partial charge on any atom is 0.160 e. The Morgan fingerprint density at radius 1 is 0.900 bits per heavy atom. The number of rotatable bonds is 3. The first-order valence-electron chi connectivity index (χ1n) is 1.50. The second-order valence-electron chi connectivity index (χ2n) is 0.953. The maximum atomic E-state index is 9.66. The molecule has 0 rings (SSSR count). The van der Waals surface area contributed by atoms with Gasteiger partial charge < -0.3 is 13.7 Å². The van der Waals surface area contributed by atoms with Gasteiger partial charge in [0.15, 0.2) is 9.15 Å². The average Bonchev–Trinajstić information content (AvgIpc) is 1.57. The van der Waals surface area contributed by atoms with Gasteiger partial charge in [-0.25, -0.2) is 8.42 Å². The van der Waals surface area contributed by atoms with Crippen molar-refractivity contribution < 1.29 is 26.3 Å². The third-order valence-electron chi connectivity index (χ3n) is 0.194. The molecule has 0 N–H and O–H groups in total. The average molecular weight is 224 g/mol. The van der Waals surface area contributed by atoms with Crippen molar-refractivity contribution in [2.45, 2.75) is 0 Å². The monoisotopic (exact) mass is 224 g/mol. The van der Waals surface area contributed by atoms with Crippen LogP contribution in [0.3, 0.4) is 0 Å². The molecule has 0 aromatic rings. The lowest BCUT2D eigenvalue weighted by atomic mass is 15.8. The molecule has 0 fully saturated rings. The first kappa shape index (κ1) is 10.7. The molecule has 0 unspecified atom stereocenters. The van der Waals surface area contributed by atoms with Crippen molar-refractivity contribution in [1.82, 2.24) is 0 Å². The summed E-state index contributed by atoms with van der Waals surface area (Å²) in [4.78, 5) is 0. The van der Waals surface area contributed by atoms with Gasteiger partial charge in [0.25, 0.3) is 0 Å². The fourth-order valence-electron chi connectivity index (χ4n) is 0.0680. The zero-order valence-electron chi connectivity index (χ0n) is 4.08. The van der Waals surface area contributed by atoms with E-state index in [0.29, 0.717) is 0 Å². The molecule has 0 amide bonds. The summed E-state index contributed by atoms with van der Waals surface area (Å²) in [6.07, 6.45) is 0. The second-order valence-corrected chi connectivity index (χ2v) is 8.57. The van der Waals surface area contributed by atoms with E-state index < -0.39 is 38.3 Å². The molecule has 0 aliphatic carbocycles. The molecule has 0 aliphatic rings. The highest BCUT2D eigenvalue weighted by Crippen LogP contribution is 2.33. The lowest BCUT2D eigenvalue weighted by Crippen LogP contribution is -2.01. The van der Waals surface area contributed by atoms with Crippen LogP contribution in [0.1, 0.15) is 0 Å². The highest BCUT2D eigenvalue weighted by molar-refractivity contribution is 9.22. The van der Waals surface area contributed by atoms with Crippen LogP contribution < -0.4 is 0 Å². The Bertz CT molecular complexity index is 228. The van der Waals surface area contributed by atoms with Crippen LogP contribution in [0.4, 0.5) is 0 Å². The van der Waals surface area contributed by atoms with Crippen molar-refractivity contribution in [3.05, 3.63) is 0 Å². The van der Waals surface area contributed by atoms with Gasteiger partial charge in [0.05, 0.1) is 0 Å². The van der Waals surface area contributed by atoms with Crippen LogP contribution >= 0.6 is 19.7 Å². The first-order chi connectivity index (χ1) is 4.21. The molecule has 0 aromatic carbocycles. The van der Waals surface area contributed by atoms with E-state index in [-0.39, 0.29) is 0 Å². The van der Waals surface area contributed by atoms with Crippen molar-refractivity contribution in [3.8, 4) is 0 Å². The minimum absolute atomic E-state index is 0.527. The molecule has 1 radical (unpaired) electrons. The van der Waals surface area contributed by atoms with Crippen molar-refractivity contribution >= 4 is 38.3 Å². The third kappa shape index (κ3) is 8.68. The third-order valence-corrected chi connectivity index (χ3v) is 6.75. The van der Waals surface area contributed by atoms with Gasteiger partial charge in [-0.2, -0.15) is 0 Å². The zero-order valence-corrected chi connectivity index (χ0v) is 7.35. The van der Waals surface area contributed by atoms with Gasteiger partial charge in [-0.15, -0.1) is 9.53 Å². The van der Waals surface area contributed by atoms with E-state index in [4.69, 9.17) is 0 Å². The highest BCUT2D eigenvalue weighted by Gasteiger charge is 1.97. The Labute approximate surface area is 64.8 Å². The predicted molar refractivity (Wildman–Crippen MR) is 34.6 cm³/mol. The largest absolute Gasteiger partial charge is 0.783 e. The summed E-state index contributed by atoms with van der Waals surface area (Å²) in [6.45, 7) is 0. The summed E-state index contributed by atoms with van der Waals surface area (Å²) in [6, 6.07) is 0. The molecule has 0 spiro atoms. The Kier molecular flexibility index (Phi) is 3.61. The summed E-state index contributed by atoms with van der Waals surface area (Å²) in [7, 11) is -10.5. The lowest BCUT2D eigenvalue weighted by Gasteiger charge is -2.30. The molecule has 6 nitrogen and oxygen atoms in total. The first-order valence-corrected chi connectivity index (χ1v) is 7.50. The van der Waals surface area contributed by atoms with Crippen molar-refractivity contribution in [2.24, 2.45) is 0 Å². The summed E-state index contributed by atoms with van der Waals surface area (Å²) in [5.41, 5.74) is 0. The SMILES string of the molecule is O=[S]([O-])([O-])SSS(=O)(=O)[O-]. The van der Waals surface area contributed by atoms with E-state index >= 15 is 0 Å². The van der Waals surface area contributed by atoms with E-state index in [1.165, 1.54) is 0 Å². The van der Waals surface area contributed by atoms with Crippen LogP contribution in [0.2, 0.25) is 0 Å². The summed E-state index contributed by atoms with van der Waals surface area (Å²) < 4.78 is 58.0. The molecule has 0 aliphatic heterocycles. The fourth-order valence-corrected chi connectivity index (χ4v) is 5.51. The van der Waals surface area contributed by atoms with Crippen molar-refractivity contribution in [1.29, 1.82) is 0 Å². The Morgan fingerprint density at radius 3 is 1.40 bits per heavy atom. The molecule has 10 heteroatoms. The van der Waals surface area contributed by atoms with E-state index in [1.54, 1.807) is 0 Å². The fraction of sp³-hybridized carbons (Fsp3) is 0. The van der Waals surface area contributed by atoms with Gasteiger partial charge in [0, 0.05) is 9.83 Å². The van der Waals surface area contributed by atoms with Gasteiger partial charge in [0.2, 0.25) is 0 Å². The van der Waals surface area contributed by atoms with Gasteiger partial charge in [-0.05, 0) is 9.83 Å². The molecule has 0 atom stereocenters. The molecule has 0 saturated heterocycles. The van der Waals surface area contributed by atoms with Crippen LogP contribution in [0.15, 0.2) is 0 Å². The molecule has 10 heavy (non-hydrogen) atoms. The van der Waals surface area contributed by atoms with Crippen LogP contribution in [-0.4, -0.2) is 26.3 Å². The zero-order chi connectivity index (χ0) is 8.41. The van der Waals surface area contributed by atoms with Crippen LogP contribution in [0.25, 0.3) is 0 Å². The minimum atomic E-state index is -4.71. The topological polar surface area (TPSA) is 120 Å². The van der Waals surface area contributed by atoms with E-state index in [0.717, 1.165) is 0 Å². The molecule has 0 heterocycles. The smallest absolute Gasteiger partial charge is 0.160 e. The molecular weight excluding hydrogens is 224 g/mol. The molecular formula is O6S4-3. The van der Waals surface area contributed by atoms with Gasteiger partial charge >= 0.3 is 0 Å². The maximum absolute atomic E-state index is 9.66. The highest BCUT2D eigenvalue weighted by atomic mass is 33.7. The van der Waals surface area contributed by atoms with Crippen LogP contribution in [0.5, 0.6) is 0 Å². The lowest BCUT2D eigenvalue weighted by molar-refractivity contribution is 0.412. The summed E-state index contributed by atoms with van der Waals surface area (Å²) in [5.74, 6) is 0.